The van der Waals surface area contributed by atoms with Crippen molar-refractivity contribution in [2.75, 3.05) is 3.76 Å². The van der Waals surface area contributed by atoms with Crippen LogP contribution in [-0.4, -0.2) is 45.0 Å². The average molecular weight is 1040 g/mol. The lowest BCUT2D eigenvalue weighted by Gasteiger charge is -2.14. The fourth-order valence-corrected chi connectivity index (χ4v) is 9.46. The molecule has 0 fully saturated rings. The van der Waals surface area contributed by atoms with Gasteiger partial charge in [0, 0.05) is 67.4 Å². The zero-order valence-electron chi connectivity index (χ0n) is 33.0. The van der Waals surface area contributed by atoms with Gasteiger partial charge in [-0.05, 0) is 83.6 Å². The van der Waals surface area contributed by atoms with Gasteiger partial charge in [-0.15, -0.1) is 11.8 Å². The highest BCUT2D eigenvalue weighted by Crippen LogP contribution is 2.38. The van der Waals surface area contributed by atoms with Gasteiger partial charge in [-0.25, -0.2) is 19.6 Å². The number of nitrogens with two attached hydrogens (primary N) is 2. The number of primary amides is 2. The Morgan fingerprint density at radius 2 is 1.18 bits per heavy atom. The first-order valence-electron chi connectivity index (χ1n) is 18.2. The van der Waals surface area contributed by atoms with Crippen LogP contribution in [0.25, 0.3) is 0 Å². The predicted octanol–water partition coefficient (Wildman–Crippen LogP) is 12.0. The molecular formula is C41H43Cl4IN8O4S2. The summed E-state index contributed by atoms with van der Waals surface area (Å²) in [6.07, 6.45) is 7.30. The molecule has 0 aliphatic heterocycles. The highest BCUT2D eigenvalue weighted by Gasteiger charge is 2.22. The van der Waals surface area contributed by atoms with Crippen LogP contribution in [0, 0.1) is 0 Å². The van der Waals surface area contributed by atoms with Crippen molar-refractivity contribution in [1.29, 1.82) is 0 Å². The molecule has 0 aliphatic rings. The summed E-state index contributed by atoms with van der Waals surface area (Å²) in [7, 11) is 0. The lowest BCUT2D eigenvalue weighted by Crippen LogP contribution is -2.15. The maximum absolute atomic E-state index is 11.2. The zero-order chi connectivity index (χ0) is 43.8. The Morgan fingerprint density at radius 1 is 0.700 bits per heavy atom. The summed E-state index contributed by atoms with van der Waals surface area (Å²) < 4.78 is 14.9. The van der Waals surface area contributed by atoms with Crippen LogP contribution >= 0.6 is 92.5 Å². The first-order chi connectivity index (χ1) is 28.6. The van der Waals surface area contributed by atoms with Crippen molar-refractivity contribution >= 4 is 105 Å². The molecule has 6 aromatic rings. The van der Waals surface area contributed by atoms with Gasteiger partial charge in [0.05, 0.1) is 21.7 Å². The number of ether oxygens (including phenoxy) is 2. The molecule has 318 valence electrons. The third kappa shape index (κ3) is 16.3. The number of thioether (sulfide) groups is 1. The second-order valence-electron chi connectivity index (χ2n) is 13.3. The second kappa shape index (κ2) is 24.7. The molecular weight excluding hydrogens is 1000 g/mol. The number of aromatic nitrogens is 6. The van der Waals surface area contributed by atoms with E-state index in [4.69, 9.17) is 72.3 Å². The standard InChI is InChI=1S/C20H20Cl2N4O2S.C14H18N4O2.C7H5Cl2IS/c1-12(2)18-19(29-16-8-14(21)7-15(22)9-16)26(10-13-3-5-24-6-4-13)17(25-18)11-28-20(23)27;1-10(2)12-8-18(7-11-3-5-16-6-4-11)13(17-12)9-20-14(15)19;8-5-1-6(9)3-7(2-5)11-4-10/h3-9,12H,10-11H2,1-2H3,(H2,23,27);3-6,8,10H,7,9H2,1-2H3,(H2,15,19);1-3H,4H2. The molecule has 6 rings (SSSR count). The van der Waals surface area contributed by atoms with E-state index >= 15 is 0 Å². The molecule has 19 heteroatoms. The van der Waals surface area contributed by atoms with Crippen LogP contribution < -0.4 is 11.5 Å². The Bertz CT molecular complexity index is 2280. The van der Waals surface area contributed by atoms with Crippen LogP contribution in [0.2, 0.25) is 20.1 Å². The van der Waals surface area contributed by atoms with E-state index in [0.29, 0.717) is 50.7 Å². The van der Waals surface area contributed by atoms with Gasteiger partial charge in [-0.2, -0.15) is 0 Å². The number of halogens is 5. The van der Waals surface area contributed by atoms with E-state index in [2.05, 4.69) is 65.2 Å². The number of imidazole rings is 2. The summed E-state index contributed by atoms with van der Waals surface area (Å²) in [5.74, 6) is 1.75. The van der Waals surface area contributed by atoms with Gasteiger partial charge in [0.25, 0.3) is 0 Å². The molecule has 0 bridgehead atoms. The van der Waals surface area contributed by atoms with Crippen LogP contribution in [0.3, 0.4) is 0 Å². The Morgan fingerprint density at radius 3 is 1.65 bits per heavy atom. The van der Waals surface area contributed by atoms with Crippen molar-refractivity contribution in [3.05, 3.63) is 146 Å². The number of hydrogen-bond donors (Lipinski definition) is 2. The maximum atomic E-state index is 11.2. The molecule has 0 saturated carbocycles. The summed E-state index contributed by atoms with van der Waals surface area (Å²) in [5.41, 5.74) is 14.2. The summed E-state index contributed by atoms with van der Waals surface area (Å²) in [5, 5.41) is 3.44. The first kappa shape index (κ1) is 49.0. The van der Waals surface area contributed by atoms with Gasteiger partial charge in [0.1, 0.15) is 16.7 Å². The summed E-state index contributed by atoms with van der Waals surface area (Å²) in [4.78, 5) is 41.2. The molecule has 2 amide bonds. The minimum Gasteiger partial charge on any atom is -0.442 e. The van der Waals surface area contributed by atoms with Gasteiger partial charge < -0.3 is 30.1 Å². The van der Waals surface area contributed by atoms with E-state index in [1.165, 1.54) is 11.8 Å². The molecule has 4 heterocycles. The van der Waals surface area contributed by atoms with E-state index in [1.54, 1.807) is 48.7 Å². The van der Waals surface area contributed by atoms with Crippen LogP contribution in [-0.2, 0) is 35.8 Å². The minimum absolute atomic E-state index is 0.0169. The smallest absolute Gasteiger partial charge is 0.404 e. The van der Waals surface area contributed by atoms with Crippen LogP contribution in [0.15, 0.2) is 106 Å². The Hall–Kier alpha value is -3.71. The van der Waals surface area contributed by atoms with Crippen molar-refractivity contribution in [2.45, 2.75) is 80.7 Å². The highest BCUT2D eigenvalue weighted by molar-refractivity contribution is 14.1. The monoisotopic (exact) mass is 1040 g/mol. The number of pyridine rings is 2. The highest BCUT2D eigenvalue weighted by atomic mass is 127. The molecule has 0 saturated heterocycles. The van der Waals surface area contributed by atoms with E-state index in [1.807, 2.05) is 63.9 Å². The van der Waals surface area contributed by atoms with Gasteiger partial charge in [-0.3, -0.25) is 9.97 Å². The molecule has 2 aromatic carbocycles. The number of alkyl halides is 1. The van der Waals surface area contributed by atoms with E-state index in [0.717, 1.165) is 41.1 Å². The van der Waals surface area contributed by atoms with Crippen LogP contribution in [0.1, 0.15) is 73.7 Å². The van der Waals surface area contributed by atoms with Gasteiger partial charge >= 0.3 is 12.2 Å². The number of hydrogen-bond acceptors (Lipinski definition) is 10. The molecule has 0 spiro atoms. The molecule has 4 N–H and O–H groups in total. The van der Waals surface area contributed by atoms with Crippen LogP contribution in [0.4, 0.5) is 9.59 Å². The van der Waals surface area contributed by atoms with E-state index in [-0.39, 0.29) is 19.1 Å². The largest absolute Gasteiger partial charge is 0.442 e. The molecule has 0 unspecified atom stereocenters. The first-order valence-corrected chi connectivity index (χ1v) is 23.0. The number of nitrogens with zero attached hydrogens (tertiary/aromatic N) is 6. The normalized spacial score (nSPS) is 10.8. The Kier molecular flexibility index (Phi) is 20.1. The quantitative estimate of drug-likeness (QED) is 0.0609. The summed E-state index contributed by atoms with van der Waals surface area (Å²) in [6.45, 7) is 9.51. The predicted molar refractivity (Wildman–Crippen MR) is 250 cm³/mol. The van der Waals surface area contributed by atoms with Crippen molar-refractivity contribution in [3.8, 4) is 0 Å². The van der Waals surface area contributed by atoms with Crippen molar-refractivity contribution in [2.24, 2.45) is 11.5 Å². The third-order valence-corrected chi connectivity index (χ3v) is 11.6. The SMILES string of the molecule is CC(C)c1cn(Cc2ccncc2)c(COC(N)=O)n1.CC(C)c1nc(COC(N)=O)n(Cc2ccncc2)c1Sc1cc(Cl)cc(Cl)c1.Clc1cc(Cl)cc(SCI)c1. The third-order valence-electron chi connectivity index (χ3n) is 8.03. The van der Waals surface area contributed by atoms with Crippen molar-refractivity contribution in [3.63, 3.8) is 0 Å². The number of rotatable bonds is 14. The number of benzene rings is 2. The lowest BCUT2D eigenvalue weighted by molar-refractivity contribution is 0.145. The summed E-state index contributed by atoms with van der Waals surface area (Å²) >= 11 is 29.5. The van der Waals surface area contributed by atoms with Gasteiger partial charge in [0.15, 0.2) is 13.2 Å². The van der Waals surface area contributed by atoms with Crippen molar-refractivity contribution in [1.82, 2.24) is 29.1 Å². The fraction of sp³-hybridized carbons (Fsp3) is 0.268. The van der Waals surface area contributed by atoms with E-state index < -0.39 is 12.2 Å². The van der Waals surface area contributed by atoms with Crippen molar-refractivity contribution < 1.29 is 19.1 Å². The molecule has 60 heavy (non-hydrogen) atoms. The number of carbonyl (C=O) groups is 2. The Labute approximate surface area is 391 Å². The molecule has 0 aliphatic carbocycles. The Balaban J connectivity index is 0.000000220. The summed E-state index contributed by atoms with van der Waals surface area (Å²) in [6, 6.07) is 18.7. The molecule has 0 radical (unpaired) electrons. The zero-order valence-corrected chi connectivity index (χ0v) is 39.8. The molecule has 12 nitrogen and oxygen atoms in total. The van der Waals surface area contributed by atoms with E-state index in [9.17, 15) is 9.59 Å². The van der Waals surface area contributed by atoms with Gasteiger partial charge in [0.2, 0.25) is 0 Å². The minimum atomic E-state index is -0.842. The molecule has 0 atom stereocenters. The maximum Gasteiger partial charge on any atom is 0.404 e. The number of amides is 2. The topological polar surface area (TPSA) is 166 Å². The fourth-order valence-electron chi connectivity index (χ4n) is 5.27. The lowest BCUT2D eigenvalue weighted by atomic mass is 10.1. The van der Waals surface area contributed by atoms with Gasteiger partial charge in [-0.1, -0.05) is 108 Å². The van der Waals surface area contributed by atoms with Crippen LogP contribution in [0.5, 0.6) is 0 Å². The second-order valence-corrected chi connectivity index (χ2v) is 19.0. The average Bonchev–Trinajstić information content (AvgIpc) is 3.74. The number of carbonyl (C=O) groups excluding carboxylic acids is 2. The molecule has 4 aromatic heterocycles.